The van der Waals surface area contributed by atoms with E-state index in [9.17, 15) is 13.2 Å². The van der Waals surface area contributed by atoms with Crippen LogP contribution in [0.2, 0.25) is 0 Å². The van der Waals surface area contributed by atoms with Gasteiger partial charge in [0.25, 0.3) is 0 Å². The number of sulfonamides is 1. The maximum atomic E-state index is 12.1. The number of hydrogen-bond acceptors (Lipinski definition) is 3. The summed E-state index contributed by atoms with van der Waals surface area (Å²) in [5.74, 6) is -0.315. The van der Waals surface area contributed by atoms with E-state index in [-0.39, 0.29) is 30.0 Å². The Morgan fingerprint density at radius 1 is 1.35 bits per heavy atom. The highest BCUT2D eigenvalue weighted by molar-refractivity contribution is 7.89. The van der Waals surface area contributed by atoms with Crippen LogP contribution in [-0.2, 0) is 14.8 Å². The van der Waals surface area contributed by atoms with Crippen molar-refractivity contribution >= 4 is 15.9 Å². The van der Waals surface area contributed by atoms with Gasteiger partial charge in [-0.15, -0.1) is 0 Å². The van der Waals surface area contributed by atoms with Crippen LogP contribution < -0.4 is 5.14 Å². The highest BCUT2D eigenvalue weighted by Gasteiger charge is 2.35. The standard InChI is InChI=1S/C14H20N2O3S/c1-2-13(12-6-4-3-5-7-12)16-9-11(8-14(16)17)10-20(15,18)19/h3-7,11,13H,2,8-10H2,1H3,(H2,15,18,19). The molecule has 5 nitrogen and oxygen atoms in total. The summed E-state index contributed by atoms with van der Waals surface area (Å²) in [4.78, 5) is 13.9. The van der Waals surface area contributed by atoms with E-state index in [2.05, 4.69) is 0 Å². The van der Waals surface area contributed by atoms with E-state index in [0.29, 0.717) is 6.54 Å². The molecule has 1 aromatic carbocycles. The molecule has 1 fully saturated rings. The predicted octanol–water partition coefficient (Wildman–Crippen LogP) is 1.27. The third-order valence-corrected chi connectivity index (χ3v) is 4.59. The van der Waals surface area contributed by atoms with Crippen LogP contribution >= 0.6 is 0 Å². The first-order valence-electron chi connectivity index (χ1n) is 6.75. The highest BCUT2D eigenvalue weighted by Crippen LogP contribution is 2.31. The lowest BCUT2D eigenvalue weighted by Gasteiger charge is -2.27. The molecule has 1 aliphatic heterocycles. The Morgan fingerprint density at radius 3 is 2.55 bits per heavy atom. The van der Waals surface area contributed by atoms with Crippen LogP contribution in [0.3, 0.4) is 0 Å². The van der Waals surface area contributed by atoms with Gasteiger partial charge in [-0.05, 0) is 12.0 Å². The van der Waals surface area contributed by atoms with Gasteiger partial charge >= 0.3 is 0 Å². The number of likely N-dealkylation sites (tertiary alicyclic amines) is 1. The van der Waals surface area contributed by atoms with Crippen molar-refractivity contribution in [2.24, 2.45) is 11.1 Å². The minimum Gasteiger partial charge on any atom is -0.335 e. The Balaban J connectivity index is 2.14. The largest absolute Gasteiger partial charge is 0.335 e. The molecular formula is C14H20N2O3S. The van der Waals surface area contributed by atoms with Crippen molar-refractivity contribution in [3.63, 3.8) is 0 Å². The molecule has 1 heterocycles. The zero-order chi connectivity index (χ0) is 14.8. The summed E-state index contributed by atoms with van der Waals surface area (Å²) >= 11 is 0. The maximum Gasteiger partial charge on any atom is 0.223 e. The molecule has 6 heteroatoms. The molecule has 0 aromatic heterocycles. The molecule has 0 radical (unpaired) electrons. The van der Waals surface area contributed by atoms with Gasteiger partial charge in [-0.3, -0.25) is 4.79 Å². The molecule has 1 aromatic rings. The van der Waals surface area contributed by atoms with E-state index < -0.39 is 10.0 Å². The van der Waals surface area contributed by atoms with Gasteiger partial charge in [-0.2, -0.15) is 0 Å². The van der Waals surface area contributed by atoms with Gasteiger partial charge in [0, 0.05) is 18.9 Å². The van der Waals surface area contributed by atoms with Gasteiger partial charge < -0.3 is 4.90 Å². The fourth-order valence-corrected chi connectivity index (χ4v) is 3.74. The quantitative estimate of drug-likeness (QED) is 0.888. The van der Waals surface area contributed by atoms with Crippen molar-refractivity contribution in [3.8, 4) is 0 Å². The third kappa shape index (κ3) is 3.58. The van der Waals surface area contributed by atoms with Crippen molar-refractivity contribution in [1.29, 1.82) is 0 Å². The van der Waals surface area contributed by atoms with Gasteiger partial charge in [-0.1, -0.05) is 37.3 Å². The van der Waals surface area contributed by atoms with Crippen molar-refractivity contribution in [2.75, 3.05) is 12.3 Å². The van der Waals surface area contributed by atoms with Crippen LogP contribution in [0.15, 0.2) is 30.3 Å². The predicted molar refractivity (Wildman–Crippen MR) is 77.3 cm³/mol. The lowest BCUT2D eigenvalue weighted by molar-refractivity contribution is -0.129. The highest BCUT2D eigenvalue weighted by atomic mass is 32.2. The number of hydrogen-bond donors (Lipinski definition) is 1. The molecule has 2 unspecified atom stereocenters. The molecule has 1 aliphatic rings. The van der Waals surface area contributed by atoms with Gasteiger partial charge in [0.2, 0.25) is 15.9 Å². The van der Waals surface area contributed by atoms with Gasteiger partial charge in [-0.25, -0.2) is 13.6 Å². The fourth-order valence-electron chi connectivity index (χ4n) is 2.86. The lowest BCUT2D eigenvalue weighted by atomic mass is 10.0. The molecule has 0 spiro atoms. The van der Waals surface area contributed by atoms with E-state index in [1.807, 2.05) is 37.3 Å². The van der Waals surface area contributed by atoms with E-state index in [0.717, 1.165) is 12.0 Å². The van der Waals surface area contributed by atoms with Crippen LogP contribution in [0.5, 0.6) is 0 Å². The Hall–Kier alpha value is -1.40. The summed E-state index contributed by atoms with van der Waals surface area (Å²) in [6, 6.07) is 9.82. The van der Waals surface area contributed by atoms with Crippen LogP contribution in [0.1, 0.15) is 31.4 Å². The molecule has 1 saturated heterocycles. The molecule has 1 amide bonds. The number of primary sulfonamides is 1. The molecule has 20 heavy (non-hydrogen) atoms. The number of nitrogens with two attached hydrogens (primary N) is 1. The second-order valence-corrected chi connectivity index (χ2v) is 6.94. The first kappa shape index (κ1) is 15.0. The summed E-state index contributed by atoms with van der Waals surface area (Å²) in [6.45, 7) is 2.49. The first-order chi connectivity index (χ1) is 9.40. The average molecular weight is 296 g/mol. The topological polar surface area (TPSA) is 80.5 Å². The summed E-state index contributed by atoms with van der Waals surface area (Å²) in [6.07, 6.45) is 1.07. The zero-order valence-electron chi connectivity index (χ0n) is 11.5. The van der Waals surface area contributed by atoms with Gasteiger partial charge in [0.1, 0.15) is 0 Å². The average Bonchev–Trinajstić information content (AvgIpc) is 2.70. The SMILES string of the molecule is CCC(c1ccccc1)N1CC(CS(N)(=O)=O)CC1=O. The fraction of sp³-hybridized carbons (Fsp3) is 0.500. The second-order valence-electron chi connectivity index (χ2n) is 5.28. The van der Waals surface area contributed by atoms with Crippen molar-refractivity contribution in [3.05, 3.63) is 35.9 Å². The number of carbonyl (C=O) groups excluding carboxylic acids is 1. The summed E-state index contributed by atoms with van der Waals surface area (Å²) in [5.41, 5.74) is 1.08. The summed E-state index contributed by atoms with van der Waals surface area (Å²) in [7, 11) is -3.53. The van der Waals surface area contributed by atoms with Gasteiger partial charge in [0.15, 0.2) is 0 Å². The number of nitrogens with zero attached hydrogens (tertiary/aromatic N) is 1. The monoisotopic (exact) mass is 296 g/mol. The van der Waals surface area contributed by atoms with E-state index in [1.165, 1.54) is 0 Å². The third-order valence-electron chi connectivity index (χ3n) is 3.65. The molecule has 0 bridgehead atoms. The Kier molecular flexibility index (Phi) is 4.45. The molecule has 110 valence electrons. The Bertz CT molecular complexity index is 571. The van der Waals surface area contributed by atoms with Crippen molar-refractivity contribution in [2.45, 2.75) is 25.8 Å². The van der Waals surface area contributed by atoms with Crippen LogP contribution in [-0.4, -0.2) is 31.5 Å². The van der Waals surface area contributed by atoms with Crippen molar-refractivity contribution < 1.29 is 13.2 Å². The van der Waals surface area contributed by atoms with E-state index in [1.54, 1.807) is 4.90 Å². The van der Waals surface area contributed by atoms with Crippen LogP contribution in [0.4, 0.5) is 0 Å². The number of amides is 1. The van der Waals surface area contributed by atoms with Crippen LogP contribution in [0.25, 0.3) is 0 Å². The Morgan fingerprint density at radius 2 is 2.00 bits per heavy atom. The molecule has 2 rings (SSSR count). The number of benzene rings is 1. The summed E-state index contributed by atoms with van der Waals surface area (Å²) < 4.78 is 22.3. The molecule has 0 saturated carbocycles. The molecule has 2 N–H and O–H groups in total. The molecule has 0 aliphatic carbocycles. The van der Waals surface area contributed by atoms with Crippen LogP contribution in [0, 0.1) is 5.92 Å². The maximum absolute atomic E-state index is 12.1. The zero-order valence-corrected chi connectivity index (χ0v) is 12.3. The first-order valence-corrected chi connectivity index (χ1v) is 8.47. The van der Waals surface area contributed by atoms with E-state index >= 15 is 0 Å². The molecule has 2 atom stereocenters. The second kappa shape index (κ2) is 5.93. The normalized spacial score (nSPS) is 21.2. The minimum absolute atomic E-state index is 0.00850. The smallest absolute Gasteiger partial charge is 0.223 e. The van der Waals surface area contributed by atoms with E-state index in [4.69, 9.17) is 5.14 Å². The number of carbonyl (C=O) groups is 1. The summed E-state index contributed by atoms with van der Waals surface area (Å²) in [5, 5.41) is 5.07. The Labute approximate surface area is 119 Å². The molecular weight excluding hydrogens is 276 g/mol. The number of rotatable bonds is 5. The minimum atomic E-state index is -3.53. The van der Waals surface area contributed by atoms with Crippen molar-refractivity contribution in [1.82, 2.24) is 4.90 Å². The van der Waals surface area contributed by atoms with Gasteiger partial charge in [0.05, 0.1) is 11.8 Å². The lowest BCUT2D eigenvalue weighted by Crippen LogP contribution is -2.31.